The summed E-state index contributed by atoms with van der Waals surface area (Å²) >= 11 is 0. The van der Waals surface area contributed by atoms with E-state index >= 15 is 0 Å². The third kappa shape index (κ3) is 1.12. The van der Waals surface area contributed by atoms with Gasteiger partial charge in [0.2, 0.25) is 0 Å². The fourth-order valence-corrected chi connectivity index (χ4v) is 1.29. The minimum Gasteiger partial charge on any atom is -0.371 e. The fraction of sp³-hybridized carbons (Fsp3) is 0.375. The molecule has 0 saturated carbocycles. The molecular weight excluding hydrogens is 166 g/mol. The van der Waals surface area contributed by atoms with Crippen LogP contribution in [0.3, 0.4) is 0 Å². The predicted molar refractivity (Wildman–Crippen MR) is 50.6 cm³/mol. The molecule has 0 amide bonds. The van der Waals surface area contributed by atoms with Crippen molar-refractivity contribution in [3.05, 3.63) is 12.2 Å². The minimum absolute atomic E-state index is 0.750. The minimum atomic E-state index is 0.750. The molecule has 0 aliphatic carbocycles. The molecule has 2 rings (SSSR count). The number of hydrogen-bond acceptors (Lipinski definition) is 4. The number of aryl methyl sites for hydroxylation is 2. The van der Waals surface area contributed by atoms with Gasteiger partial charge in [0.15, 0.2) is 11.5 Å². The van der Waals surface area contributed by atoms with Crippen LogP contribution in [-0.4, -0.2) is 26.6 Å². The molecule has 13 heavy (non-hydrogen) atoms. The summed E-state index contributed by atoms with van der Waals surface area (Å²) in [5, 5.41) is 3.00. The molecule has 2 aromatic heterocycles. The molecule has 0 spiro atoms. The zero-order valence-corrected chi connectivity index (χ0v) is 7.87. The van der Waals surface area contributed by atoms with Gasteiger partial charge in [-0.2, -0.15) is 0 Å². The predicted octanol–water partition coefficient (Wildman–Crippen LogP) is 0.713. The average Bonchev–Trinajstić information content (AvgIpc) is 2.47. The van der Waals surface area contributed by atoms with E-state index in [4.69, 9.17) is 0 Å². The zero-order valence-electron chi connectivity index (χ0n) is 7.87. The van der Waals surface area contributed by atoms with Gasteiger partial charge in [-0.15, -0.1) is 0 Å². The van der Waals surface area contributed by atoms with E-state index in [2.05, 4.69) is 20.3 Å². The molecule has 1 N–H and O–H groups in total. The number of nitrogens with one attached hydrogen (secondary N) is 1. The van der Waals surface area contributed by atoms with Crippen molar-refractivity contribution in [2.24, 2.45) is 7.05 Å². The lowest BCUT2D eigenvalue weighted by Crippen LogP contribution is -1.99. The summed E-state index contributed by atoms with van der Waals surface area (Å²) in [6, 6.07) is 0. The van der Waals surface area contributed by atoms with Crippen LogP contribution in [0.1, 0.15) is 5.82 Å². The highest BCUT2D eigenvalue weighted by atomic mass is 15.1. The molecule has 0 saturated heterocycles. The maximum absolute atomic E-state index is 4.29. The van der Waals surface area contributed by atoms with Gasteiger partial charge in [-0.3, -0.25) is 0 Å². The standard InChI is InChI=1S/C8H11N5/c1-5-11-7(9-2)6-8(12-5)13(3)4-10-6/h4H,1-3H3,(H,9,11,12). The topological polar surface area (TPSA) is 55.6 Å². The Morgan fingerprint density at radius 3 is 2.85 bits per heavy atom. The SMILES string of the molecule is CNc1nc(C)nc2c1ncn2C. The highest BCUT2D eigenvalue weighted by Crippen LogP contribution is 2.16. The van der Waals surface area contributed by atoms with Crippen molar-refractivity contribution in [1.82, 2.24) is 19.5 Å². The van der Waals surface area contributed by atoms with Gasteiger partial charge in [0.05, 0.1) is 6.33 Å². The molecule has 0 bridgehead atoms. The monoisotopic (exact) mass is 177 g/mol. The third-order valence-corrected chi connectivity index (χ3v) is 1.91. The first-order valence-corrected chi connectivity index (χ1v) is 4.06. The van der Waals surface area contributed by atoms with E-state index in [0.29, 0.717) is 0 Å². The lowest BCUT2D eigenvalue weighted by molar-refractivity contribution is 0.920. The van der Waals surface area contributed by atoms with Crippen LogP contribution >= 0.6 is 0 Å². The van der Waals surface area contributed by atoms with Gasteiger partial charge in [-0.25, -0.2) is 15.0 Å². The second-order valence-corrected chi connectivity index (χ2v) is 2.90. The molecular formula is C8H11N5. The van der Waals surface area contributed by atoms with Crippen LogP contribution in [0.2, 0.25) is 0 Å². The number of rotatable bonds is 1. The Balaban J connectivity index is 2.84. The Bertz CT molecular complexity index is 445. The summed E-state index contributed by atoms with van der Waals surface area (Å²) in [5.74, 6) is 1.53. The van der Waals surface area contributed by atoms with Crippen molar-refractivity contribution in [3.8, 4) is 0 Å². The number of hydrogen-bond donors (Lipinski definition) is 1. The molecule has 0 aliphatic rings. The van der Waals surface area contributed by atoms with Gasteiger partial charge >= 0.3 is 0 Å². The Morgan fingerprint density at radius 2 is 2.15 bits per heavy atom. The third-order valence-electron chi connectivity index (χ3n) is 1.91. The quantitative estimate of drug-likeness (QED) is 0.697. The molecule has 0 aromatic carbocycles. The molecule has 0 atom stereocenters. The molecule has 2 heterocycles. The smallest absolute Gasteiger partial charge is 0.165 e. The van der Waals surface area contributed by atoms with Crippen molar-refractivity contribution >= 4 is 17.0 Å². The van der Waals surface area contributed by atoms with Crippen LogP contribution in [0.4, 0.5) is 5.82 Å². The van der Waals surface area contributed by atoms with E-state index in [1.165, 1.54) is 0 Å². The van der Waals surface area contributed by atoms with E-state index in [0.717, 1.165) is 22.8 Å². The molecule has 2 aromatic rings. The Morgan fingerprint density at radius 1 is 1.38 bits per heavy atom. The molecule has 0 aliphatic heterocycles. The van der Waals surface area contributed by atoms with E-state index in [1.807, 2.05) is 25.6 Å². The van der Waals surface area contributed by atoms with Crippen molar-refractivity contribution in [3.63, 3.8) is 0 Å². The fourth-order valence-electron chi connectivity index (χ4n) is 1.29. The van der Waals surface area contributed by atoms with Gasteiger partial charge < -0.3 is 9.88 Å². The number of aromatic nitrogens is 4. The molecule has 5 heteroatoms. The van der Waals surface area contributed by atoms with Crippen LogP contribution in [0.5, 0.6) is 0 Å². The van der Waals surface area contributed by atoms with Crippen molar-refractivity contribution in [1.29, 1.82) is 0 Å². The zero-order chi connectivity index (χ0) is 9.42. The lowest BCUT2D eigenvalue weighted by Gasteiger charge is -2.01. The van der Waals surface area contributed by atoms with Crippen molar-refractivity contribution in [2.45, 2.75) is 6.92 Å². The summed E-state index contributed by atoms with van der Waals surface area (Å²) in [7, 11) is 3.75. The summed E-state index contributed by atoms with van der Waals surface area (Å²) in [6.45, 7) is 1.87. The molecule has 0 unspecified atom stereocenters. The Kier molecular flexibility index (Phi) is 1.65. The van der Waals surface area contributed by atoms with E-state index in [9.17, 15) is 0 Å². The van der Waals surface area contributed by atoms with Crippen molar-refractivity contribution < 1.29 is 0 Å². The summed E-state index contributed by atoms with van der Waals surface area (Å²) in [6.07, 6.45) is 1.74. The normalized spacial score (nSPS) is 10.7. The van der Waals surface area contributed by atoms with Gasteiger partial charge in [0.1, 0.15) is 11.3 Å². The van der Waals surface area contributed by atoms with Gasteiger partial charge in [0, 0.05) is 14.1 Å². The second-order valence-electron chi connectivity index (χ2n) is 2.90. The molecule has 0 radical (unpaired) electrons. The Labute approximate surface area is 75.8 Å². The van der Waals surface area contributed by atoms with Crippen LogP contribution in [0, 0.1) is 6.92 Å². The highest BCUT2D eigenvalue weighted by Gasteiger charge is 2.07. The number of imidazole rings is 1. The number of nitrogens with zero attached hydrogens (tertiary/aromatic N) is 4. The molecule has 0 fully saturated rings. The molecule has 5 nitrogen and oxygen atoms in total. The maximum atomic E-state index is 4.29. The first-order chi connectivity index (χ1) is 6.22. The lowest BCUT2D eigenvalue weighted by atomic mass is 10.4. The second kappa shape index (κ2) is 2.69. The van der Waals surface area contributed by atoms with Crippen LogP contribution in [-0.2, 0) is 7.05 Å². The largest absolute Gasteiger partial charge is 0.371 e. The Hall–Kier alpha value is -1.65. The maximum Gasteiger partial charge on any atom is 0.165 e. The summed E-state index contributed by atoms with van der Waals surface area (Å²) < 4.78 is 1.88. The van der Waals surface area contributed by atoms with E-state index < -0.39 is 0 Å². The number of anilines is 1. The summed E-state index contributed by atoms with van der Waals surface area (Å²) in [4.78, 5) is 12.7. The molecule has 68 valence electrons. The van der Waals surface area contributed by atoms with E-state index in [1.54, 1.807) is 6.33 Å². The first kappa shape index (κ1) is 7.97. The average molecular weight is 177 g/mol. The van der Waals surface area contributed by atoms with Crippen LogP contribution in [0.25, 0.3) is 11.2 Å². The van der Waals surface area contributed by atoms with Gasteiger partial charge in [0.25, 0.3) is 0 Å². The highest BCUT2D eigenvalue weighted by molar-refractivity contribution is 5.82. The summed E-state index contributed by atoms with van der Waals surface area (Å²) in [5.41, 5.74) is 1.67. The van der Waals surface area contributed by atoms with Crippen LogP contribution < -0.4 is 5.32 Å². The van der Waals surface area contributed by atoms with Crippen molar-refractivity contribution in [2.75, 3.05) is 12.4 Å². The van der Waals surface area contributed by atoms with Gasteiger partial charge in [-0.05, 0) is 6.92 Å². The van der Waals surface area contributed by atoms with Crippen LogP contribution in [0.15, 0.2) is 6.33 Å². The van der Waals surface area contributed by atoms with Gasteiger partial charge in [-0.1, -0.05) is 0 Å². The number of fused-ring (bicyclic) bond motifs is 1. The van der Waals surface area contributed by atoms with E-state index in [-0.39, 0.29) is 0 Å². The first-order valence-electron chi connectivity index (χ1n) is 4.06.